The van der Waals surface area contributed by atoms with Crippen LogP contribution in [0.5, 0.6) is 0 Å². The Kier molecular flexibility index (Phi) is 5.00. The Hall–Kier alpha value is 0.797. The molecule has 0 aliphatic heterocycles. The van der Waals surface area contributed by atoms with Gasteiger partial charge in [-0.05, 0) is 17.4 Å². The lowest BCUT2D eigenvalue weighted by Crippen LogP contribution is -2.19. The zero-order valence-corrected chi connectivity index (χ0v) is 9.73. The van der Waals surface area contributed by atoms with Crippen molar-refractivity contribution in [2.45, 2.75) is 33.2 Å². The molecule has 0 aromatic heterocycles. The molecule has 0 bridgehead atoms. The van der Waals surface area contributed by atoms with Gasteiger partial charge in [-0.3, -0.25) is 0 Å². The second-order valence-corrected chi connectivity index (χ2v) is 8.33. The van der Waals surface area contributed by atoms with E-state index in [0.717, 1.165) is 0 Å². The van der Waals surface area contributed by atoms with Crippen LogP contribution in [-0.4, -0.2) is 7.42 Å². The highest BCUT2D eigenvalue weighted by molar-refractivity contribution is 7.34. The summed E-state index contributed by atoms with van der Waals surface area (Å²) < 4.78 is 0. The van der Waals surface area contributed by atoms with Gasteiger partial charge in [0.25, 0.3) is 0 Å². The van der Waals surface area contributed by atoms with Crippen molar-refractivity contribution in [3.63, 3.8) is 0 Å². The molecule has 0 saturated carbocycles. The van der Waals surface area contributed by atoms with E-state index in [2.05, 4.69) is 27.7 Å². The summed E-state index contributed by atoms with van der Waals surface area (Å²) in [5.41, 5.74) is 0.559. The van der Waals surface area contributed by atoms with Gasteiger partial charge >= 0.3 is 0 Å². The van der Waals surface area contributed by atoms with Crippen LogP contribution in [0.1, 0.15) is 27.7 Å². The van der Waals surface area contributed by atoms with Crippen LogP contribution in [0, 0.1) is 11.8 Å². The summed E-state index contributed by atoms with van der Waals surface area (Å²) in [7, 11) is -1.46. The van der Waals surface area contributed by atoms with Crippen LogP contribution in [0.25, 0.3) is 0 Å². The van der Waals surface area contributed by atoms with Crippen LogP contribution in [0.15, 0.2) is 0 Å². The molecular formula is C7H16Cl2Si. The Morgan fingerprint density at radius 1 is 0.900 bits per heavy atom. The van der Waals surface area contributed by atoms with Crippen LogP contribution >= 0.6 is 22.2 Å². The first-order valence-corrected chi connectivity index (χ1v) is 7.90. The smallest absolute Gasteiger partial charge is 0.150 e. The molecule has 0 saturated heterocycles. The van der Waals surface area contributed by atoms with E-state index in [1.165, 1.54) is 0 Å². The molecular weight excluding hydrogens is 183 g/mol. The molecule has 0 aliphatic carbocycles. The Balaban J connectivity index is 3.98. The highest BCUT2D eigenvalue weighted by Crippen LogP contribution is 2.33. The molecule has 0 rings (SSSR count). The predicted molar refractivity (Wildman–Crippen MR) is 52.3 cm³/mol. The number of hydrogen-bond donors (Lipinski definition) is 0. The first-order chi connectivity index (χ1) is 4.46. The van der Waals surface area contributed by atoms with Crippen LogP contribution in [-0.2, 0) is 0 Å². The third kappa shape index (κ3) is 3.27. The van der Waals surface area contributed by atoms with Gasteiger partial charge in [-0.1, -0.05) is 27.7 Å². The maximum absolute atomic E-state index is 5.94. The van der Waals surface area contributed by atoms with E-state index in [1.807, 2.05) is 0 Å². The SMILES string of the molecule is CC(C)C(C(C)C)[SiH](Cl)Cl. The van der Waals surface area contributed by atoms with E-state index < -0.39 is 7.42 Å². The van der Waals surface area contributed by atoms with Gasteiger partial charge in [-0.15, -0.1) is 0 Å². The van der Waals surface area contributed by atoms with E-state index in [-0.39, 0.29) is 0 Å². The van der Waals surface area contributed by atoms with Crippen LogP contribution in [0.3, 0.4) is 0 Å². The van der Waals surface area contributed by atoms with Crippen molar-refractivity contribution in [2.75, 3.05) is 0 Å². The molecule has 0 N–H and O–H groups in total. The van der Waals surface area contributed by atoms with Crippen LogP contribution < -0.4 is 0 Å². The molecule has 0 fully saturated rings. The molecule has 0 heterocycles. The zero-order chi connectivity index (χ0) is 8.31. The fraction of sp³-hybridized carbons (Fsp3) is 1.00. The Labute approximate surface area is 74.9 Å². The third-order valence-corrected chi connectivity index (χ3v) is 5.70. The molecule has 0 unspecified atom stereocenters. The minimum Gasteiger partial charge on any atom is -0.150 e. The molecule has 0 nitrogen and oxygen atoms in total. The van der Waals surface area contributed by atoms with Crippen molar-refractivity contribution in [3.05, 3.63) is 0 Å². The van der Waals surface area contributed by atoms with Crippen molar-refractivity contribution >= 4 is 29.6 Å². The minimum atomic E-state index is -1.46. The summed E-state index contributed by atoms with van der Waals surface area (Å²) in [4.78, 5) is 0. The molecule has 62 valence electrons. The second-order valence-electron chi connectivity index (χ2n) is 3.40. The van der Waals surface area contributed by atoms with Crippen LogP contribution in [0.2, 0.25) is 5.54 Å². The lowest BCUT2D eigenvalue weighted by molar-refractivity contribution is 0.466. The topological polar surface area (TPSA) is 0 Å². The van der Waals surface area contributed by atoms with Gasteiger partial charge in [-0.2, -0.15) is 22.2 Å². The van der Waals surface area contributed by atoms with E-state index in [0.29, 0.717) is 17.4 Å². The van der Waals surface area contributed by atoms with Gasteiger partial charge in [0.1, 0.15) is 0 Å². The quantitative estimate of drug-likeness (QED) is 0.483. The average Bonchev–Trinajstić information content (AvgIpc) is 1.59. The van der Waals surface area contributed by atoms with E-state index >= 15 is 0 Å². The molecule has 0 amide bonds. The van der Waals surface area contributed by atoms with Crippen molar-refractivity contribution in [2.24, 2.45) is 11.8 Å². The highest BCUT2D eigenvalue weighted by atomic mass is 35.7. The standard InChI is InChI=1S/C7H16Cl2Si/c1-5(2)7(6(3)4)10(8)9/h5-7,10H,1-4H3. The summed E-state index contributed by atoms with van der Waals surface area (Å²) in [6.07, 6.45) is 0. The van der Waals surface area contributed by atoms with Crippen molar-refractivity contribution in [1.29, 1.82) is 0 Å². The summed E-state index contributed by atoms with van der Waals surface area (Å²) >= 11 is 11.9. The fourth-order valence-corrected chi connectivity index (χ4v) is 6.01. The third-order valence-electron chi connectivity index (χ3n) is 1.83. The van der Waals surface area contributed by atoms with Crippen molar-refractivity contribution < 1.29 is 0 Å². The lowest BCUT2D eigenvalue weighted by atomic mass is 10.00. The number of hydrogen-bond acceptors (Lipinski definition) is 0. The molecule has 0 aromatic carbocycles. The van der Waals surface area contributed by atoms with E-state index in [4.69, 9.17) is 22.2 Å². The van der Waals surface area contributed by atoms with Gasteiger partial charge < -0.3 is 0 Å². The van der Waals surface area contributed by atoms with Gasteiger partial charge in [0.15, 0.2) is 0 Å². The van der Waals surface area contributed by atoms with Gasteiger partial charge in [0, 0.05) is 0 Å². The first-order valence-electron chi connectivity index (χ1n) is 3.75. The molecule has 3 heteroatoms. The molecule has 0 aliphatic rings. The average molecular weight is 199 g/mol. The molecule has 0 atom stereocenters. The molecule has 0 aromatic rings. The first kappa shape index (κ1) is 10.8. The second kappa shape index (κ2) is 4.63. The van der Waals surface area contributed by atoms with Gasteiger partial charge in [-0.25, -0.2) is 0 Å². The normalized spacial score (nSPS) is 12.6. The summed E-state index contributed by atoms with van der Waals surface area (Å²) in [5, 5.41) is 0. The van der Waals surface area contributed by atoms with E-state index in [9.17, 15) is 0 Å². The summed E-state index contributed by atoms with van der Waals surface area (Å²) in [5.74, 6) is 1.26. The van der Waals surface area contributed by atoms with Crippen LogP contribution in [0.4, 0.5) is 0 Å². The fourth-order valence-electron chi connectivity index (χ4n) is 1.35. The largest absolute Gasteiger partial charge is 0.240 e. The Morgan fingerprint density at radius 2 is 1.20 bits per heavy atom. The highest BCUT2D eigenvalue weighted by Gasteiger charge is 2.25. The zero-order valence-electron chi connectivity index (χ0n) is 7.07. The predicted octanol–water partition coefficient (Wildman–Crippen LogP) is 3.37. The number of halogens is 2. The van der Waals surface area contributed by atoms with Gasteiger partial charge in [0.05, 0.1) is 0 Å². The van der Waals surface area contributed by atoms with Gasteiger partial charge in [0.2, 0.25) is 7.42 Å². The van der Waals surface area contributed by atoms with E-state index in [1.54, 1.807) is 0 Å². The minimum absolute atomic E-state index is 0.559. The Morgan fingerprint density at radius 3 is 1.20 bits per heavy atom. The maximum atomic E-state index is 5.94. The number of rotatable bonds is 3. The maximum Gasteiger partial charge on any atom is 0.240 e. The summed E-state index contributed by atoms with van der Waals surface area (Å²) in [6.45, 7) is 8.76. The van der Waals surface area contributed by atoms with Crippen molar-refractivity contribution in [3.8, 4) is 0 Å². The molecule has 0 spiro atoms. The molecule has 10 heavy (non-hydrogen) atoms. The molecule has 0 radical (unpaired) electrons. The monoisotopic (exact) mass is 198 g/mol. The lowest BCUT2D eigenvalue weighted by Gasteiger charge is -2.24. The van der Waals surface area contributed by atoms with Crippen molar-refractivity contribution in [1.82, 2.24) is 0 Å². The summed E-state index contributed by atoms with van der Waals surface area (Å²) in [6, 6.07) is 0. The Bertz CT molecular complexity index is 72.6.